The van der Waals surface area contributed by atoms with Gasteiger partial charge in [0, 0.05) is 12.8 Å². The van der Waals surface area contributed by atoms with Gasteiger partial charge in [0.2, 0.25) is 0 Å². The molecule has 2 rings (SSSR count). The van der Waals surface area contributed by atoms with Crippen LogP contribution in [0.4, 0.5) is 0 Å². The highest BCUT2D eigenvalue weighted by Crippen LogP contribution is 2.34. The molecular formula is C15H20O2. The number of carbonyl (C=O) groups excluding carboxylic acids is 1. The molecule has 1 aromatic carbocycles. The van der Waals surface area contributed by atoms with E-state index in [1.165, 1.54) is 5.56 Å². The molecule has 0 bridgehead atoms. The zero-order valence-corrected chi connectivity index (χ0v) is 10.4. The molecule has 0 spiro atoms. The Bertz CT molecular complexity index is 372. The summed E-state index contributed by atoms with van der Waals surface area (Å²) >= 11 is 0. The molecule has 0 radical (unpaired) electrons. The first-order chi connectivity index (χ1) is 8.18. The topological polar surface area (TPSA) is 26.3 Å². The van der Waals surface area contributed by atoms with Crippen molar-refractivity contribution in [2.24, 2.45) is 5.41 Å². The van der Waals surface area contributed by atoms with Gasteiger partial charge in [-0.05, 0) is 23.8 Å². The second-order valence-electron chi connectivity index (χ2n) is 5.36. The van der Waals surface area contributed by atoms with Crippen molar-refractivity contribution in [1.82, 2.24) is 0 Å². The van der Waals surface area contributed by atoms with Gasteiger partial charge in [-0.25, -0.2) is 0 Å². The Hall–Kier alpha value is -1.15. The molecule has 17 heavy (non-hydrogen) atoms. The van der Waals surface area contributed by atoms with Gasteiger partial charge in [0.15, 0.2) is 0 Å². The van der Waals surface area contributed by atoms with Crippen LogP contribution >= 0.6 is 0 Å². The van der Waals surface area contributed by atoms with Gasteiger partial charge < -0.3 is 4.74 Å². The summed E-state index contributed by atoms with van der Waals surface area (Å²) in [6.45, 7) is 3.49. The Labute approximate surface area is 103 Å². The Morgan fingerprint density at radius 3 is 2.76 bits per heavy atom. The third-order valence-electron chi connectivity index (χ3n) is 3.42. The van der Waals surface area contributed by atoms with Crippen LogP contribution in [0.25, 0.3) is 0 Å². The minimum atomic E-state index is 0.0596. The van der Waals surface area contributed by atoms with Crippen molar-refractivity contribution in [3.8, 4) is 0 Å². The van der Waals surface area contributed by atoms with E-state index in [1.54, 1.807) is 0 Å². The van der Waals surface area contributed by atoms with Crippen molar-refractivity contribution in [1.29, 1.82) is 0 Å². The number of benzene rings is 1. The summed E-state index contributed by atoms with van der Waals surface area (Å²) in [7, 11) is 0. The summed E-state index contributed by atoms with van der Waals surface area (Å²) in [5.74, 6) is 0.391. The summed E-state index contributed by atoms with van der Waals surface area (Å²) in [6.07, 6.45) is 3.56. The SMILES string of the molecule is C[C@@]1(COCc2ccccc2)CCCC(=O)C1. The van der Waals surface area contributed by atoms with Crippen LogP contribution < -0.4 is 0 Å². The van der Waals surface area contributed by atoms with Crippen LogP contribution in [-0.4, -0.2) is 12.4 Å². The molecule has 0 aromatic heterocycles. The number of rotatable bonds is 4. The first kappa shape index (κ1) is 12.3. The minimum Gasteiger partial charge on any atom is -0.376 e. The van der Waals surface area contributed by atoms with Gasteiger partial charge in [0.05, 0.1) is 13.2 Å². The summed E-state index contributed by atoms with van der Waals surface area (Å²) in [6, 6.07) is 10.2. The van der Waals surface area contributed by atoms with Gasteiger partial charge >= 0.3 is 0 Å². The van der Waals surface area contributed by atoms with Crippen LogP contribution in [0.3, 0.4) is 0 Å². The van der Waals surface area contributed by atoms with Gasteiger partial charge in [-0.2, -0.15) is 0 Å². The predicted molar refractivity (Wildman–Crippen MR) is 67.7 cm³/mol. The fourth-order valence-electron chi connectivity index (χ4n) is 2.48. The third kappa shape index (κ3) is 3.67. The summed E-state index contributed by atoms with van der Waals surface area (Å²) in [5.41, 5.74) is 1.25. The lowest BCUT2D eigenvalue weighted by Crippen LogP contribution is -2.30. The number of Topliss-reactive ketones (excluding diaryl/α,β-unsaturated/α-hetero) is 1. The van der Waals surface area contributed by atoms with Crippen LogP contribution in [0.2, 0.25) is 0 Å². The van der Waals surface area contributed by atoms with Crippen molar-refractivity contribution in [2.75, 3.05) is 6.61 Å². The highest BCUT2D eigenvalue weighted by Gasteiger charge is 2.31. The zero-order chi connectivity index (χ0) is 12.1. The molecule has 1 aliphatic rings. The lowest BCUT2D eigenvalue weighted by molar-refractivity contribution is -0.125. The van der Waals surface area contributed by atoms with Crippen LogP contribution in [-0.2, 0) is 16.1 Å². The van der Waals surface area contributed by atoms with Gasteiger partial charge in [0.1, 0.15) is 5.78 Å². The summed E-state index contributed by atoms with van der Waals surface area (Å²) in [5, 5.41) is 0. The minimum absolute atomic E-state index is 0.0596. The van der Waals surface area contributed by atoms with E-state index in [2.05, 4.69) is 19.1 Å². The fourth-order valence-corrected chi connectivity index (χ4v) is 2.48. The quantitative estimate of drug-likeness (QED) is 0.795. The maximum absolute atomic E-state index is 11.5. The van der Waals surface area contributed by atoms with E-state index >= 15 is 0 Å². The molecule has 0 amide bonds. The molecule has 2 heteroatoms. The number of ether oxygens (including phenoxy) is 1. The predicted octanol–water partition coefficient (Wildman–Crippen LogP) is 3.35. The third-order valence-corrected chi connectivity index (χ3v) is 3.42. The van der Waals surface area contributed by atoms with Crippen molar-refractivity contribution < 1.29 is 9.53 Å². The average Bonchev–Trinajstić information content (AvgIpc) is 2.30. The Morgan fingerprint density at radius 2 is 2.06 bits per heavy atom. The molecule has 0 saturated heterocycles. The van der Waals surface area contributed by atoms with E-state index in [-0.39, 0.29) is 5.41 Å². The van der Waals surface area contributed by atoms with E-state index in [0.717, 1.165) is 19.3 Å². The summed E-state index contributed by atoms with van der Waals surface area (Å²) in [4.78, 5) is 11.5. The molecule has 0 heterocycles. The van der Waals surface area contributed by atoms with E-state index in [9.17, 15) is 4.79 Å². The lowest BCUT2D eigenvalue weighted by atomic mass is 9.76. The molecule has 1 aromatic rings. The van der Waals surface area contributed by atoms with Crippen molar-refractivity contribution >= 4 is 5.78 Å². The maximum Gasteiger partial charge on any atom is 0.133 e. The fraction of sp³-hybridized carbons (Fsp3) is 0.533. The zero-order valence-electron chi connectivity index (χ0n) is 10.4. The first-order valence-corrected chi connectivity index (χ1v) is 6.31. The van der Waals surface area contributed by atoms with Gasteiger partial charge in [-0.3, -0.25) is 4.79 Å². The Kier molecular flexibility index (Phi) is 3.95. The second kappa shape index (κ2) is 5.46. The normalized spacial score (nSPS) is 24.9. The second-order valence-corrected chi connectivity index (χ2v) is 5.36. The van der Waals surface area contributed by atoms with Crippen molar-refractivity contribution in [3.63, 3.8) is 0 Å². The Balaban J connectivity index is 1.80. The number of carbonyl (C=O) groups is 1. The van der Waals surface area contributed by atoms with Crippen LogP contribution in [0, 0.1) is 5.41 Å². The molecule has 2 nitrogen and oxygen atoms in total. The smallest absolute Gasteiger partial charge is 0.133 e. The molecule has 1 fully saturated rings. The van der Waals surface area contributed by atoms with E-state index in [0.29, 0.717) is 25.4 Å². The van der Waals surface area contributed by atoms with Crippen LogP contribution in [0.15, 0.2) is 30.3 Å². The van der Waals surface area contributed by atoms with E-state index in [4.69, 9.17) is 4.74 Å². The molecule has 92 valence electrons. The molecule has 1 aliphatic carbocycles. The van der Waals surface area contributed by atoms with E-state index in [1.807, 2.05) is 18.2 Å². The summed E-state index contributed by atoms with van der Waals surface area (Å²) < 4.78 is 5.76. The standard InChI is InChI=1S/C15H20O2/c1-15(9-5-8-14(16)10-15)12-17-11-13-6-3-2-4-7-13/h2-4,6-7H,5,8-12H2,1H3/t15-/m1/s1. The lowest BCUT2D eigenvalue weighted by Gasteiger charge is -2.32. The van der Waals surface area contributed by atoms with Gasteiger partial charge in [-0.15, -0.1) is 0 Å². The average molecular weight is 232 g/mol. The molecular weight excluding hydrogens is 212 g/mol. The van der Waals surface area contributed by atoms with Gasteiger partial charge in [0.25, 0.3) is 0 Å². The van der Waals surface area contributed by atoms with Crippen molar-refractivity contribution in [2.45, 2.75) is 39.2 Å². The first-order valence-electron chi connectivity index (χ1n) is 6.31. The van der Waals surface area contributed by atoms with Gasteiger partial charge in [-0.1, -0.05) is 37.3 Å². The van der Waals surface area contributed by atoms with Crippen molar-refractivity contribution in [3.05, 3.63) is 35.9 Å². The van der Waals surface area contributed by atoms with Crippen LogP contribution in [0.5, 0.6) is 0 Å². The van der Waals surface area contributed by atoms with Crippen LogP contribution in [0.1, 0.15) is 38.2 Å². The number of hydrogen-bond acceptors (Lipinski definition) is 2. The highest BCUT2D eigenvalue weighted by atomic mass is 16.5. The molecule has 0 unspecified atom stereocenters. The monoisotopic (exact) mass is 232 g/mol. The number of hydrogen-bond donors (Lipinski definition) is 0. The molecule has 0 N–H and O–H groups in total. The largest absolute Gasteiger partial charge is 0.376 e. The highest BCUT2D eigenvalue weighted by molar-refractivity contribution is 5.79. The number of ketones is 1. The Morgan fingerprint density at radius 1 is 1.29 bits per heavy atom. The molecule has 0 aliphatic heterocycles. The molecule has 1 saturated carbocycles. The molecule has 1 atom stereocenters. The van der Waals surface area contributed by atoms with E-state index < -0.39 is 0 Å². The maximum atomic E-state index is 11.5.